The number of alkyl halides is 1. The minimum atomic E-state index is -0.334. The van der Waals surface area contributed by atoms with Gasteiger partial charge < -0.3 is 4.90 Å². The van der Waals surface area contributed by atoms with E-state index in [4.69, 9.17) is 0 Å². The number of benzene rings is 1. The predicted octanol–water partition coefficient (Wildman–Crippen LogP) is 3.09. The van der Waals surface area contributed by atoms with Crippen molar-refractivity contribution in [1.29, 1.82) is 0 Å². The predicted molar refractivity (Wildman–Crippen MR) is 63.8 cm³/mol. The molecule has 1 aromatic carbocycles. The van der Waals surface area contributed by atoms with Crippen LogP contribution in [0.1, 0.15) is 6.42 Å². The molecule has 1 aromatic rings. The maximum atomic E-state index is 13.1. The molecule has 0 aliphatic carbocycles. The van der Waals surface area contributed by atoms with Gasteiger partial charge in [-0.05, 0) is 34.1 Å². The summed E-state index contributed by atoms with van der Waals surface area (Å²) in [6, 6.07) is 4.34. The normalized spacial score (nSPS) is 21.1. The van der Waals surface area contributed by atoms with Crippen molar-refractivity contribution in [1.82, 2.24) is 0 Å². The van der Waals surface area contributed by atoms with Gasteiger partial charge in [-0.3, -0.25) is 4.79 Å². The molecule has 1 atom stereocenters. The Morgan fingerprint density at radius 2 is 2.20 bits per heavy atom. The molecule has 1 aliphatic heterocycles. The first-order valence-electron chi connectivity index (χ1n) is 4.47. The summed E-state index contributed by atoms with van der Waals surface area (Å²) in [5.74, 6) is -0.317. The third kappa shape index (κ3) is 2.23. The van der Waals surface area contributed by atoms with Crippen LogP contribution in [0.4, 0.5) is 10.1 Å². The highest BCUT2D eigenvalue weighted by Gasteiger charge is 2.29. The van der Waals surface area contributed by atoms with E-state index in [2.05, 4.69) is 31.9 Å². The molecule has 2 nitrogen and oxygen atoms in total. The maximum Gasteiger partial charge on any atom is 0.228 e. The molecule has 1 heterocycles. The molecule has 1 saturated heterocycles. The average molecular weight is 337 g/mol. The van der Waals surface area contributed by atoms with Crippen molar-refractivity contribution in [3.63, 3.8) is 0 Å². The summed E-state index contributed by atoms with van der Waals surface area (Å²) in [4.78, 5) is 13.3. The van der Waals surface area contributed by atoms with Crippen LogP contribution in [0.2, 0.25) is 0 Å². The fraction of sp³-hybridized carbons (Fsp3) is 0.300. The highest BCUT2D eigenvalue weighted by molar-refractivity contribution is 9.10. The molecule has 0 bridgehead atoms. The fourth-order valence-electron chi connectivity index (χ4n) is 1.59. The summed E-state index contributed by atoms with van der Waals surface area (Å²) >= 11 is 6.70. The zero-order chi connectivity index (χ0) is 11.0. The average Bonchev–Trinajstić information content (AvgIpc) is 2.50. The molecule has 1 unspecified atom stereocenters. The van der Waals surface area contributed by atoms with Gasteiger partial charge in [0.05, 0.1) is 5.69 Å². The van der Waals surface area contributed by atoms with Crippen molar-refractivity contribution in [2.75, 3.05) is 11.4 Å². The third-order valence-electron chi connectivity index (χ3n) is 2.28. The number of carbonyl (C=O) groups excluding carboxylic acids is 1. The summed E-state index contributed by atoms with van der Waals surface area (Å²) in [7, 11) is 0. The quantitative estimate of drug-likeness (QED) is 0.722. The largest absolute Gasteiger partial charge is 0.310 e. The second-order valence-corrected chi connectivity index (χ2v) is 5.55. The van der Waals surface area contributed by atoms with Gasteiger partial charge in [-0.2, -0.15) is 0 Å². The van der Waals surface area contributed by atoms with E-state index >= 15 is 0 Å². The van der Waals surface area contributed by atoms with Crippen molar-refractivity contribution in [3.8, 4) is 0 Å². The minimum absolute atomic E-state index is 0.0168. The number of rotatable bonds is 1. The van der Waals surface area contributed by atoms with Crippen LogP contribution in [0.3, 0.4) is 0 Å². The van der Waals surface area contributed by atoms with E-state index in [1.807, 2.05) is 0 Å². The molecular weight excluding hydrogens is 329 g/mol. The fourth-order valence-corrected chi connectivity index (χ4v) is 2.62. The molecule has 5 heteroatoms. The van der Waals surface area contributed by atoms with Crippen LogP contribution in [0, 0.1) is 5.82 Å². The van der Waals surface area contributed by atoms with Gasteiger partial charge in [0.15, 0.2) is 0 Å². The number of hydrogen-bond donors (Lipinski definition) is 0. The van der Waals surface area contributed by atoms with Crippen molar-refractivity contribution in [2.24, 2.45) is 0 Å². The maximum absolute atomic E-state index is 13.1. The lowest BCUT2D eigenvalue weighted by atomic mass is 10.3. The van der Waals surface area contributed by atoms with Crippen LogP contribution < -0.4 is 4.90 Å². The van der Waals surface area contributed by atoms with Crippen molar-refractivity contribution in [2.45, 2.75) is 11.2 Å². The highest BCUT2D eigenvalue weighted by Crippen LogP contribution is 2.31. The summed E-state index contributed by atoms with van der Waals surface area (Å²) in [6.07, 6.45) is 0.461. The van der Waals surface area contributed by atoms with E-state index in [1.165, 1.54) is 12.1 Å². The van der Waals surface area contributed by atoms with Crippen LogP contribution >= 0.6 is 31.9 Å². The van der Waals surface area contributed by atoms with Gasteiger partial charge in [0.25, 0.3) is 0 Å². The lowest BCUT2D eigenvalue weighted by Gasteiger charge is -2.17. The standard InChI is InChI=1S/C10H8Br2FNO/c11-6-3-10(15)14(5-6)9-4-7(13)1-2-8(9)12/h1-2,4,6H,3,5H2. The second kappa shape index (κ2) is 4.22. The molecule has 0 radical (unpaired) electrons. The molecule has 15 heavy (non-hydrogen) atoms. The van der Waals surface area contributed by atoms with E-state index in [-0.39, 0.29) is 16.6 Å². The molecular formula is C10H8Br2FNO. The van der Waals surface area contributed by atoms with E-state index in [9.17, 15) is 9.18 Å². The van der Waals surface area contributed by atoms with Crippen LogP contribution in [-0.4, -0.2) is 17.3 Å². The van der Waals surface area contributed by atoms with Crippen molar-refractivity contribution < 1.29 is 9.18 Å². The number of nitrogens with zero attached hydrogens (tertiary/aromatic N) is 1. The molecule has 0 spiro atoms. The van der Waals surface area contributed by atoms with Crippen LogP contribution in [0.25, 0.3) is 0 Å². The lowest BCUT2D eigenvalue weighted by molar-refractivity contribution is -0.117. The Morgan fingerprint density at radius 3 is 2.80 bits per heavy atom. The summed E-state index contributed by atoms with van der Waals surface area (Å²) < 4.78 is 13.8. The molecule has 0 N–H and O–H groups in total. The summed E-state index contributed by atoms with van der Waals surface area (Å²) in [5, 5.41) is 0. The molecule has 0 aromatic heterocycles. The molecule has 80 valence electrons. The van der Waals surface area contributed by atoms with E-state index in [0.29, 0.717) is 18.7 Å². The van der Waals surface area contributed by atoms with Crippen molar-refractivity contribution in [3.05, 3.63) is 28.5 Å². The van der Waals surface area contributed by atoms with Crippen molar-refractivity contribution >= 4 is 43.5 Å². The highest BCUT2D eigenvalue weighted by atomic mass is 79.9. The smallest absolute Gasteiger partial charge is 0.228 e. The van der Waals surface area contributed by atoms with E-state index in [1.54, 1.807) is 11.0 Å². The number of carbonyl (C=O) groups is 1. The summed E-state index contributed by atoms with van der Waals surface area (Å²) in [6.45, 7) is 0.584. The van der Waals surface area contributed by atoms with E-state index in [0.717, 1.165) is 4.47 Å². The van der Waals surface area contributed by atoms with Gasteiger partial charge in [-0.15, -0.1) is 0 Å². The van der Waals surface area contributed by atoms with Gasteiger partial charge in [0.1, 0.15) is 5.82 Å². The lowest BCUT2D eigenvalue weighted by Crippen LogP contribution is -2.25. The first-order chi connectivity index (χ1) is 7.08. The molecule has 2 rings (SSSR count). The molecule has 0 saturated carbocycles. The summed E-state index contributed by atoms with van der Waals surface area (Å²) in [5.41, 5.74) is 0.599. The Bertz CT molecular complexity index is 410. The van der Waals surface area contributed by atoms with Gasteiger partial charge in [-0.1, -0.05) is 15.9 Å². The van der Waals surface area contributed by atoms with Crippen LogP contribution in [-0.2, 0) is 4.79 Å². The zero-order valence-electron chi connectivity index (χ0n) is 7.71. The monoisotopic (exact) mass is 335 g/mol. The number of halogens is 3. The number of anilines is 1. The van der Waals surface area contributed by atoms with Crippen LogP contribution in [0.15, 0.2) is 22.7 Å². The minimum Gasteiger partial charge on any atom is -0.310 e. The Balaban J connectivity index is 2.37. The Morgan fingerprint density at radius 1 is 1.47 bits per heavy atom. The zero-order valence-corrected chi connectivity index (χ0v) is 10.9. The third-order valence-corrected chi connectivity index (χ3v) is 3.56. The number of amides is 1. The number of hydrogen-bond acceptors (Lipinski definition) is 1. The molecule has 1 amide bonds. The SMILES string of the molecule is O=C1CC(Br)CN1c1cc(F)ccc1Br. The van der Waals surface area contributed by atoms with E-state index < -0.39 is 0 Å². The Labute approximate surface area is 104 Å². The molecule has 1 fully saturated rings. The van der Waals surface area contributed by atoms with Gasteiger partial charge in [-0.25, -0.2) is 4.39 Å². The van der Waals surface area contributed by atoms with Gasteiger partial charge in [0.2, 0.25) is 5.91 Å². The second-order valence-electron chi connectivity index (χ2n) is 3.40. The first kappa shape index (κ1) is 11.1. The Hall–Kier alpha value is -0.420. The topological polar surface area (TPSA) is 20.3 Å². The van der Waals surface area contributed by atoms with Gasteiger partial charge >= 0.3 is 0 Å². The van der Waals surface area contributed by atoms with Crippen LogP contribution in [0.5, 0.6) is 0 Å². The Kier molecular flexibility index (Phi) is 3.11. The van der Waals surface area contributed by atoms with Gasteiger partial charge in [0, 0.05) is 22.3 Å². The molecule has 1 aliphatic rings. The first-order valence-corrected chi connectivity index (χ1v) is 6.18.